The van der Waals surface area contributed by atoms with Crippen molar-refractivity contribution in [3.05, 3.63) is 40.4 Å². The Morgan fingerprint density at radius 2 is 2.00 bits per heavy atom. The van der Waals surface area contributed by atoms with Crippen molar-refractivity contribution in [1.29, 1.82) is 0 Å². The number of nitrogens with zero attached hydrogens (tertiary/aromatic N) is 2. The minimum Gasteiger partial charge on any atom is -0.308 e. The van der Waals surface area contributed by atoms with E-state index in [-0.39, 0.29) is 11.6 Å². The Kier molecular flexibility index (Phi) is 4.90. The number of hydrogen-bond donors (Lipinski definition) is 1. The first-order chi connectivity index (χ1) is 9.69. The summed E-state index contributed by atoms with van der Waals surface area (Å²) in [5.41, 5.74) is 0.850. The molecule has 0 bridgehead atoms. The molecule has 2 aromatic rings. The van der Waals surface area contributed by atoms with E-state index in [1.807, 2.05) is 28.8 Å². The summed E-state index contributed by atoms with van der Waals surface area (Å²) in [7, 11) is 0. The number of nitrogens with one attached hydrogen (secondary N) is 1. The van der Waals surface area contributed by atoms with Gasteiger partial charge in [0, 0.05) is 6.54 Å². The molecule has 2 rings (SSSR count). The third-order valence-corrected chi connectivity index (χ3v) is 3.43. The van der Waals surface area contributed by atoms with Crippen molar-refractivity contribution in [3.63, 3.8) is 0 Å². The largest absolute Gasteiger partial charge is 0.308 e. The molecule has 0 aliphatic rings. The van der Waals surface area contributed by atoms with Crippen molar-refractivity contribution in [2.24, 2.45) is 0 Å². The van der Waals surface area contributed by atoms with Gasteiger partial charge < -0.3 is 5.32 Å². The molecule has 108 valence electrons. The Morgan fingerprint density at radius 3 is 2.70 bits per heavy atom. The molecule has 0 aliphatic carbocycles. The van der Waals surface area contributed by atoms with Crippen LogP contribution >= 0.6 is 0 Å². The highest BCUT2D eigenvalue weighted by Crippen LogP contribution is 2.14. The highest BCUT2D eigenvalue weighted by atomic mass is 16.1. The fourth-order valence-corrected chi connectivity index (χ4v) is 2.41. The third-order valence-electron chi connectivity index (χ3n) is 3.43. The van der Waals surface area contributed by atoms with Crippen molar-refractivity contribution in [2.75, 3.05) is 6.54 Å². The lowest BCUT2D eigenvalue weighted by molar-refractivity contribution is 0.494. The summed E-state index contributed by atoms with van der Waals surface area (Å²) in [6.45, 7) is 7.92. The molecule has 1 aromatic heterocycles. The summed E-state index contributed by atoms with van der Waals surface area (Å²) in [6, 6.07) is 7.65. The third kappa shape index (κ3) is 2.90. The Balaban J connectivity index is 2.56. The van der Waals surface area contributed by atoms with Crippen LogP contribution in [0.25, 0.3) is 10.9 Å². The van der Waals surface area contributed by atoms with Crippen LogP contribution in [0.4, 0.5) is 0 Å². The molecule has 0 amide bonds. The van der Waals surface area contributed by atoms with E-state index in [9.17, 15) is 4.79 Å². The van der Waals surface area contributed by atoms with Crippen molar-refractivity contribution in [2.45, 2.75) is 46.2 Å². The zero-order chi connectivity index (χ0) is 14.5. The average Bonchev–Trinajstić information content (AvgIpc) is 2.47. The molecule has 0 fully saturated rings. The molecule has 4 nitrogen and oxygen atoms in total. The Labute approximate surface area is 119 Å². The molecule has 4 heteroatoms. The smallest absolute Gasteiger partial charge is 0.261 e. The summed E-state index contributed by atoms with van der Waals surface area (Å²) >= 11 is 0. The molecule has 20 heavy (non-hydrogen) atoms. The monoisotopic (exact) mass is 273 g/mol. The van der Waals surface area contributed by atoms with Crippen LogP contribution in [0.3, 0.4) is 0 Å². The van der Waals surface area contributed by atoms with Gasteiger partial charge >= 0.3 is 0 Å². The van der Waals surface area contributed by atoms with E-state index in [0.717, 1.165) is 30.7 Å². The first kappa shape index (κ1) is 14.7. The van der Waals surface area contributed by atoms with Gasteiger partial charge in [0.05, 0.1) is 16.9 Å². The first-order valence-corrected chi connectivity index (χ1v) is 7.41. The number of benzene rings is 1. The number of fused-ring (bicyclic) bond motifs is 1. The van der Waals surface area contributed by atoms with Gasteiger partial charge in [-0.05, 0) is 38.4 Å². The van der Waals surface area contributed by atoms with Gasteiger partial charge in [-0.3, -0.25) is 9.36 Å². The molecule has 0 saturated carbocycles. The van der Waals surface area contributed by atoms with Crippen LogP contribution in [-0.4, -0.2) is 16.1 Å². The van der Waals surface area contributed by atoms with Crippen molar-refractivity contribution < 1.29 is 0 Å². The van der Waals surface area contributed by atoms with Crippen LogP contribution in [0, 0.1) is 0 Å². The zero-order valence-electron chi connectivity index (χ0n) is 12.5. The van der Waals surface area contributed by atoms with E-state index < -0.39 is 0 Å². The van der Waals surface area contributed by atoms with Gasteiger partial charge in [0.1, 0.15) is 5.82 Å². The molecule has 0 radical (unpaired) electrons. The number of rotatable bonds is 6. The number of para-hydroxylation sites is 1. The standard InChI is InChI=1S/C16H23N3O/c1-4-10-17-12(3)15-18-14-9-7-6-8-13(14)16(20)19(15)11-5-2/h6-9,12,17H,4-5,10-11H2,1-3H3. The van der Waals surface area contributed by atoms with E-state index in [1.165, 1.54) is 0 Å². The maximum atomic E-state index is 12.6. The highest BCUT2D eigenvalue weighted by molar-refractivity contribution is 5.77. The lowest BCUT2D eigenvalue weighted by Crippen LogP contribution is -2.31. The molecule has 1 unspecified atom stereocenters. The molecular formula is C16H23N3O. The number of hydrogen-bond acceptors (Lipinski definition) is 3. The van der Waals surface area contributed by atoms with E-state index in [1.54, 1.807) is 0 Å². The predicted octanol–water partition coefficient (Wildman–Crippen LogP) is 2.87. The summed E-state index contributed by atoms with van der Waals surface area (Å²) in [5.74, 6) is 0.837. The van der Waals surface area contributed by atoms with E-state index in [0.29, 0.717) is 11.9 Å². The topological polar surface area (TPSA) is 46.9 Å². The van der Waals surface area contributed by atoms with Gasteiger partial charge in [-0.1, -0.05) is 26.0 Å². The summed E-state index contributed by atoms with van der Waals surface area (Å²) in [4.78, 5) is 17.3. The summed E-state index contributed by atoms with van der Waals surface area (Å²) in [5, 5.41) is 4.12. The van der Waals surface area contributed by atoms with Gasteiger partial charge in [0.25, 0.3) is 5.56 Å². The van der Waals surface area contributed by atoms with Crippen LogP contribution in [0.5, 0.6) is 0 Å². The zero-order valence-corrected chi connectivity index (χ0v) is 12.5. The van der Waals surface area contributed by atoms with E-state index in [4.69, 9.17) is 4.98 Å². The van der Waals surface area contributed by atoms with Gasteiger partial charge in [0.15, 0.2) is 0 Å². The Hall–Kier alpha value is -1.68. The fraction of sp³-hybridized carbons (Fsp3) is 0.500. The van der Waals surface area contributed by atoms with Gasteiger partial charge in [-0.25, -0.2) is 4.98 Å². The summed E-state index contributed by atoms with van der Waals surface area (Å²) < 4.78 is 1.82. The maximum Gasteiger partial charge on any atom is 0.261 e. The van der Waals surface area contributed by atoms with Gasteiger partial charge in [0.2, 0.25) is 0 Å². The van der Waals surface area contributed by atoms with Gasteiger partial charge in [-0.2, -0.15) is 0 Å². The summed E-state index contributed by atoms with van der Waals surface area (Å²) in [6.07, 6.45) is 1.99. The average molecular weight is 273 g/mol. The molecule has 1 aromatic carbocycles. The lowest BCUT2D eigenvalue weighted by atomic mass is 10.2. The first-order valence-electron chi connectivity index (χ1n) is 7.41. The highest BCUT2D eigenvalue weighted by Gasteiger charge is 2.15. The molecule has 1 atom stereocenters. The van der Waals surface area contributed by atoms with Crippen LogP contribution in [0.1, 0.15) is 45.5 Å². The molecular weight excluding hydrogens is 250 g/mol. The van der Waals surface area contributed by atoms with Crippen LogP contribution in [0.15, 0.2) is 29.1 Å². The SMILES string of the molecule is CCCNC(C)c1nc2ccccc2c(=O)n1CCC. The maximum absolute atomic E-state index is 12.6. The second-order valence-corrected chi connectivity index (χ2v) is 5.12. The lowest BCUT2D eigenvalue weighted by Gasteiger charge is -2.19. The predicted molar refractivity (Wildman–Crippen MR) is 83.0 cm³/mol. The van der Waals surface area contributed by atoms with E-state index in [2.05, 4.69) is 26.1 Å². The minimum absolute atomic E-state index is 0.0672. The Bertz CT molecular complexity index is 633. The van der Waals surface area contributed by atoms with Crippen molar-refractivity contribution >= 4 is 10.9 Å². The van der Waals surface area contributed by atoms with Crippen LogP contribution in [0.2, 0.25) is 0 Å². The molecule has 0 spiro atoms. The normalized spacial score (nSPS) is 12.8. The Morgan fingerprint density at radius 1 is 1.25 bits per heavy atom. The van der Waals surface area contributed by atoms with Crippen LogP contribution < -0.4 is 10.9 Å². The molecule has 1 heterocycles. The minimum atomic E-state index is 0.0672. The molecule has 0 saturated heterocycles. The second-order valence-electron chi connectivity index (χ2n) is 5.12. The number of aromatic nitrogens is 2. The van der Waals surface area contributed by atoms with E-state index >= 15 is 0 Å². The quantitative estimate of drug-likeness (QED) is 0.880. The molecule has 1 N–H and O–H groups in total. The van der Waals surface area contributed by atoms with Gasteiger partial charge in [-0.15, -0.1) is 0 Å². The molecule has 0 aliphatic heterocycles. The van der Waals surface area contributed by atoms with Crippen LogP contribution in [-0.2, 0) is 6.54 Å². The van der Waals surface area contributed by atoms with Crippen molar-refractivity contribution in [1.82, 2.24) is 14.9 Å². The second kappa shape index (κ2) is 6.66. The van der Waals surface area contributed by atoms with Crippen molar-refractivity contribution in [3.8, 4) is 0 Å². The fourth-order valence-electron chi connectivity index (χ4n) is 2.41.